The van der Waals surface area contributed by atoms with E-state index in [-0.39, 0.29) is 17.6 Å². The molecule has 0 radical (unpaired) electrons. The maximum atomic E-state index is 13.3. The lowest BCUT2D eigenvalue weighted by molar-refractivity contribution is -0.384. The fraction of sp³-hybridized carbons (Fsp3) is 0.160. The average molecular weight is 432 g/mol. The van der Waals surface area contributed by atoms with E-state index < -0.39 is 4.92 Å². The van der Waals surface area contributed by atoms with Crippen LogP contribution in [0, 0.1) is 10.1 Å². The van der Waals surface area contributed by atoms with Crippen LogP contribution < -0.4 is 14.8 Å². The quantitative estimate of drug-likeness (QED) is 0.233. The second-order valence-corrected chi connectivity index (χ2v) is 7.09. The maximum absolute atomic E-state index is 13.3. The minimum Gasteiger partial charge on any atom is -0.493 e. The Kier molecular flexibility index (Phi) is 7.23. The van der Waals surface area contributed by atoms with Gasteiger partial charge in [-0.25, -0.2) is 0 Å². The van der Waals surface area contributed by atoms with Gasteiger partial charge in [-0.05, 0) is 41.8 Å². The summed E-state index contributed by atoms with van der Waals surface area (Å²) in [5.74, 6) is 0.872. The Hall–Kier alpha value is -4.13. The monoisotopic (exact) mass is 432 g/mol. The smallest absolute Gasteiger partial charge is 0.270 e. The number of ether oxygens (including phenoxy) is 2. The van der Waals surface area contributed by atoms with Gasteiger partial charge in [-0.15, -0.1) is 0 Å². The zero-order chi connectivity index (χ0) is 23.1. The molecule has 0 fully saturated rings. The van der Waals surface area contributed by atoms with Crippen LogP contribution in [0.15, 0.2) is 72.8 Å². The lowest BCUT2D eigenvalue weighted by Crippen LogP contribution is -2.27. The molecule has 0 aliphatic heterocycles. The number of methoxy groups -OCH3 is 2. The van der Waals surface area contributed by atoms with E-state index in [1.807, 2.05) is 49.4 Å². The molecule has 0 aliphatic carbocycles. The number of carbonyl (C=O) groups is 1. The summed E-state index contributed by atoms with van der Waals surface area (Å²) in [5, 5.41) is 14.1. The molecule has 0 saturated carbocycles. The number of nitro benzene ring substituents is 1. The number of nitrogens with zero attached hydrogens (tertiary/aromatic N) is 1. The van der Waals surface area contributed by atoms with Crippen LogP contribution in [0.1, 0.15) is 29.7 Å². The highest BCUT2D eigenvalue weighted by atomic mass is 16.6. The van der Waals surface area contributed by atoms with Gasteiger partial charge in [-0.1, -0.05) is 48.5 Å². The van der Waals surface area contributed by atoms with Gasteiger partial charge in [0.05, 0.1) is 25.2 Å². The zero-order valence-electron chi connectivity index (χ0n) is 18.1. The summed E-state index contributed by atoms with van der Waals surface area (Å²) in [6.45, 7) is 1.87. The van der Waals surface area contributed by atoms with Crippen molar-refractivity contribution in [2.75, 3.05) is 14.2 Å². The Morgan fingerprint density at radius 3 is 2.34 bits per heavy atom. The van der Waals surface area contributed by atoms with Crippen molar-refractivity contribution in [2.24, 2.45) is 0 Å². The second-order valence-electron chi connectivity index (χ2n) is 7.09. The highest BCUT2D eigenvalue weighted by Crippen LogP contribution is 2.30. The molecule has 0 aliphatic rings. The normalized spacial score (nSPS) is 12.0. The molecular formula is C25H24N2O5. The zero-order valence-corrected chi connectivity index (χ0v) is 18.1. The van der Waals surface area contributed by atoms with Gasteiger partial charge in [-0.2, -0.15) is 0 Å². The second kappa shape index (κ2) is 10.3. The number of hydrogen-bond acceptors (Lipinski definition) is 5. The Bertz CT molecular complexity index is 1140. The van der Waals surface area contributed by atoms with E-state index in [1.54, 1.807) is 38.5 Å². The molecule has 1 amide bonds. The van der Waals surface area contributed by atoms with Crippen molar-refractivity contribution < 1.29 is 19.2 Å². The standard InChI is InChI=1S/C25H24N2O5/c1-17(20-12-13-23(31-2)24(16-20)32-3)26-25(28)22(19-9-5-4-6-10-19)15-18-8-7-11-21(14-18)27(29)30/h4-17H,1-3H3,(H,26,28)/b22-15+/t17-/m0/s1. The van der Waals surface area contributed by atoms with Crippen molar-refractivity contribution >= 4 is 23.2 Å². The van der Waals surface area contributed by atoms with Gasteiger partial charge in [0.25, 0.3) is 11.6 Å². The molecule has 0 unspecified atom stereocenters. The van der Waals surface area contributed by atoms with Crippen LogP contribution >= 0.6 is 0 Å². The van der Waals surface area contributed by atoms with Crippen LogP contribution in [-0.4, -0.2) is 25.1 Å². The number of amides is 1. The first-order valence-corrected chi connectivity index (χ1v) is 9.97. The summed E-state index contributed by atoms with van der Waals surface area (Å²) >= 11 is 0. The van der Waals surface area contributed by atoms with Crippen LogP contribution in [-0.2, 0) is 4.79 Å². The van der Waals surface area contributed by atoms with Gasteiger partial charge in [-0.3, -0.25) is 14.9 Å². The van der Waals surface area contributed by atoms with Gasteiger partial charge in [0.15, 0.2) is 11.5 Å². The Morgan fingerprint density at radius 1 is 0.969 bits per heavy atom. The van der Waals surface area contributed by atoms with Crippen molar-refractivity contribution in [2.45, 2.75) is 13.0 Å². The first kappa shape index (κ1) is 22.6. The fourth-order valence-corrected chi connectivity index (χ4v) is 3.27. The number of benzene rings is 3. The molecule has 0 spiro atoms. The molecule has 164 valence electrons. The van der Waals surface area contributed by atoms with Crippen molar-refractivity contribution in [3.8, 4) is 11.5 Å². The van der Waals surface area contributed by atoms with E-state index in [9.17, 15) is 14.9 Å². The molecule has 3 aromatic carbocycles. The molecule has 1 atom stereocenters. The van der Waals surface area contributed by atoms with Crippen molar-refractivity contribution in [3.05, 3.63) is 99.6 Å². The molecule has 0 bridgehead atoms. The minimum atomic E-state index is -0.460. The summed E-state index contributed by atoms with van der Waals surface area (Å²) in [7, 11) is 3.12. The minimum absolute atomic E-state index is 0.0368. The molecule has 0 heterocycles. The molecular weight excluding hydrogens is 408 g/mol. The number of nitro groups is 1. The third-order valence-corrected chi connectivity index (χ3v) is 4.98. The summed E-state index contributed by atoms with van der Waals surface area (Å²) < 4.78 is 10.6. The van der Waals surface area contributed by atoms with Crippen molar-refractivity contribution in [3.63, 3.8) is 0 Å². The topological polar surface area (TPSA) is 90.7 Å². The van der Waals surface area contributed by atoms with E-state index in [0.717, 1.165) is 5.56 Å². The molecule has 7 heteroatoms. The van der Waals surface area contributed by atoms with Crippen molar-refractivity contribution in [1.29, 1.82) is 0 Å². The first-order valence-electron chi connectivity index (χ1n) is 9.97. The Labute approximate surface area is 186 Å². The van der Waals surface area contributed by atoms with Crippen LogP contribution in [0.2, 0.25) is 0 Å². The molecule has 0 aromatic heterocycles. The molecule has 3 rings (SSSR count). The lowest BCUT2D eigenvalue weighted by Gasteiger charge is -2.18. The van der Waals surface area contributed by atoms with E-state index in [2.05, 4.69) is 5.32 Å². The van der Waals surface area contributed by atoms with E-state index in [4.69, 9.17) is 9.47 Å². The van der Waals surface area contributed by atoms with Gasteiger partial charge in [0, 0.05) is 17.7 Å². The van der Waals surface area contributed by atoms with Gasteiger partial charge >= 0.3 is 0 Å². The predicted molar refractivity (Wildman–Crippen MR) is 124 cm³/mol. The highest BCUT2D eigenvalue weighted by Gasteiger charge is 2.17. The lowest BCUT2D eigenvalue weighted by atomic mass is 10.0. The molecule has 7 nitrogen and oxygen atoms in total. The number of rotatable bonds is 8. The largest absolute Gasteiger partial charge is 0.493 e. The number of carbonyl (C=O) groups excluding carboxylic acids is 1. The molecule has 1 N–H and O–H groups in total. The molecule has 0 saturated heterocycles. The third kappa shape index (κ3) is 5.31. The van der Waals surface area contributed by atoms with Gasteiger partial charge < -0.3 is 14.8 Å². The summed E-state index contributed by atoms with van der Waals surface area (Å²) in [4.78, 5) is 23.9. The Balaban J connectivity index is 1.93. The summed E-state index contributed by atoms with van der Waals surface area (Å²) in [6, 6.07) is 20.5. The number of nitrogens with one attached hydrogen (secondary N) is 1. The van der Waals surface area contributed by atoms with Crippen LogP contribution in [0.25, 0.3) is 11.6 Å². The van der Waals surface area contributed by atoms with Crippen LogP contribution in [0.3, 0.4) is 0 Å². The van der Waals surface area contributed by atoms with E-state index in [1.165, 1.54) is 12.1 Å². The van der Waals surface area contributed by atoms with E-state index in [0.29, 0.717) is 28.2 Å². The van der Waals surface area contributed by atoms with Crippen LogP contribution in [0.4, 0.5) is 5.69 Å². The third-order valence-electron chi connectivity index (χ3n) is 4.98. The van der Waals surface area contributed by atoms with Gasteiger partial charge in [0.2, 0.25) is 0 Å². The molecule has 32 heavy (non-hydrogen) atoms. The predicted octanol–water partition coefficient (Wildman–Crippen LogP) is 5.03. The van der Waals surface area contributed by atoms with Crippen LogP contribution in [0.5, 0.6) is 11.5 Å². The van der Waals surface area contributed by atoms with Gasteiger partial charge in [0.1, 0.15) is 0 Å². The Morgan fingerprint density at radius 2 is 1.69 bits per heavy atom. The molecule has 3 aromatic rings. The average Bonchev–Trinajstić information content (AvgIpc) is 2.82. The van der Waals surface area contributed by atoms with E-state index >= 15 is 0 Å². The maximum Gasteiger partial charge on any atom is 0.270 e. The summed E-state index contributed by atoms with van der Waals surface area (Å²) in [5.41, 5.74) is 2.48. The summed E-state index contributed by atoms with van der Waals surface area (Å²) in [6.07, 6.45) is 1.65. The number of hydrogen-bond donors (Lipinski definition) is 1. The fourth-order valence-electron chi connectivity index (χ4n) is 3.27. The number of non-ortho nitro benzene ring substituents is 1. The highest BCUT2D eigenvalue weighted by molar-refractivity contribution is 6.24. The SMILES string of the molecule is COc1ccc([C@H](C)NC(=O)/C(=C/c2cccc([N+](=O)[O-])c2)c2ccccc2)cc1OC. The first-order chi connectivity index (χ1) is 15.4. The van der Waals surface area contributed by atoms with Crippen molar-refractivity contribution in [1.82, 2.24) is 5.32 Å².